The predicted octanol–water partition coefficient (Wildman–Crippen LogP) is -2.31. The Morgan fingerprint density at radius 3 is 2.14 bits per heavy atom. The van der Waals surface area contributed by atoms with E-state index in [1.807, 2.05) is 0 Å². The first-order valence-corrected chi connectivity index (χ1v) is 10.4. The number of thioether (sulfide) groups is 1. The van der Waals surface area contributed by atoms with E-state index < -0.39 is 31.6 Å². The molecular weight excluding hydrogens is 344 g/mol. The lowest BCUT2D eigenvalue weighted by Crippen LogP contribution is -2.61. The number of rotatable bonds is 5. The van der Waals surface area contributed by atoms with Crippen LogP contribution in [0.5, 0.6) is 0 Å². The topological polar surface area (TPSA) is 131 Å². The summed E-state index contributed by atoms with van der Waals surface area (Å²) in [5.41, 5.74) is -0.756. The number of hydrogen-bond acceptors (Lipinski definition) is 8. The van der Waals surface area contributed by atoms with Crippen molar-refractivity contribution in [1.82, 2.24) is 30.1 Å². The Morgan fingerprint density at radius 2 is 1.71 bits per heavy atom. The number of nitrogens with one attached hydrogen (secondary N) is 3. The summed E-state index contributed by atoms with van der Waals surface area (Å²) < 4.78 is 45.5. The van der Waals surface area contributed by atoms with Crippen molar-refractivity contribution in [3.05, 3.63) is 0 Å². The molecule has 21 heavy (non-hydrogen) atoms. The average Bonchev–Trinajstić information content (AvgIpc) is 2.66. The highest BCUT2D eigenvalue weighted by molar-refractivity contribution is 8.00. The summed E-state index contributed by atoms with van der Waals surface area (Å²) >= 11 is 1.15. The van der Waals surface area contributed by atoms with Crippen molar-refractivity contribution in [2.45, 2.75) is 5.50 Å². The van der Waals surface area contributed by atoms with Crippen molar-refractivity contribution in [1.29, 1.82) is 0 Å². The molecule has 0 bridgehead atoms. The first-order chi connectivity index (χ1) is 9.44. The van der Waals surface area contributed by atoms with Gasteiger partial charge in [0.1, 0.15) is 0 Å². The van der Waals surface area contributed by atoms with Gasteiger partial charge in [-0.3, -0.25) is 0 Å². The summed E-state index contributed by atoms with van der Waals surface area (Å²) in [7, 11) is -4.39. The van der Waals surface area contributed by atoms with Gasteiger partial charge in [-0.15, -0.1) is 19.9 Å². The van der Waals surface area contributed by atoms with Crippen molar-refractivity contribution in [3.8, 4) is 0 Å². The van der Waals surface area contributed by atoms with Crippen LogP contribution in [0, 0.1) is 0 Å². The third kappa shape index (κ3) is 5.57. The lowest BCUT2D eigenvalue weighted by atomic mass is 10.7. The number of hydrazine groups is 3. The third-order valence-corrected chi connectivity index (χ3v) is 4.48. The highest BCUT2D eigenvalue weighted by atomic mass is 32.2. The van der Waals surface area contributed by atoms with Crippen molar-refractivity contribution in [2.75, 3.05) is 32.5 Å². The van der Waals surface area contributed by atoms with E-state index in [0.717, 1.165) is 34.5 Å². The molecule has 3 N–H and O–H groups in total. The predicted molar refractivity (Wildman–Crippen MR) is 78.1 cm³/mol. The van der Waals surface area contributed by atoms with Crippen LogP contribution in [0.1, 0.15) is 0 Å². The number of carbonyl (C=O) groups is 1. The molecule has 1 saturated heterocycles. The van der Waals surface area contributed by atoms with E-state index in [-0.39, 0.29) is 5.88 Å². The molecule has 0 spiro atoms. The maximum Gasteiger partial charge on any atom is 0.318 e. The first-order valence-electron chi connectivity index (χ1n) is 5.52. The maximum absolute atomic E-state index is 11.6. The van der Waals surface area contributed by atoms with Crippen LogP contribution in [0.4, 0.5) is 4.79 Å². The molecule has 0 saturated carbocycles. The van der Waals surface area contributed by atoms with E-state index in [4.69, 9.17) is 0 Å². The van der Waals surface area contributed by atoms with Crippen LogP contribution in [0.25, 0.3) is 0 Å². The van der Waals surface area contributed by atoms with Crippen LogP contribution >= 0.6 is 11.8 Å². The summed E-state index contributed by atoms with van der Waals surface area (Å²) in [6.45, 7) is 0. The second-order valence-corrected chi connectivity index (χ2v) is 8.73. The fourth-order valence-electron chi connectivity index (χ4n) is 1.47. The van der Waals surface area contributed by atoms with Gasteiger partial charge in [0.25, 0.3) is 0 Å². The normalized spacial score (nSPS) is 21.4. The van der Waals surface area contributed by atoms with Gasteiger partial charge in [-0.05, 0) is 0 Å². The molecule has 1 heterocycles. The Bertz CT molecular complexity index is 592. The number of sulfonamides is 2. The number of amides is 2. The Hall–Kier alpha value is -0.640. The molecule has 1 rings (SSSR count). The fraction of sp³-hybridized carbons (Fsp3) is 0.857. The molecule has 0 radical (unpaired) electrons. The van der Waals surface area contributed by atoms with Gasteiger partial charge in [0, 0.05) is 14.1 Å². The number of carbonyl (C=O) groups excluding carboxylic acids is 1. The minimum Gasteiger partial charge on any atom is -0.341 e. The standard InChI is InChI=1S/C7H18N6O5S3/c1-8-6(14)11(2)7-13(10-21(4,17)18)12(5-19-7)9-20(3,15)16/h7,9-10H,5H2,1-4H3,(H,8,14). The van der Waals surface area contributed by atoms with Gasteiger partial charge < -0.3 is 10.2 Å². The Labute approximate surface area is 128 Å². The van der Waals surface area contributed by atoms with Gasteiger partial charge in [-0.25, -0.2) is 21.6 Å². The SMILES string of the molecule is CNC(=O)N(C)C1SCN(NS(C)(=O)=O)N1NS(C)(=O)=O. The molecule has 1 unspecified atom stereocenters. The van der Waals surface area contributed by atoms with Crippen LogP contribution in [-0.4, -0.2) is 76.0 Å². The summed E-state index contributed by atoms with van der Waals surface area (Å²) in [5.74, 6) is 0.113. The van der Waals surface area contributed by atoms with Crippen LogP contribution in [0.3, 0.4) is 0 Å². The van der Waals surface area contributed by atoms with Crippen molar-refractivity contribution in [2.24, 2.45) is 0 Å². The van der Waals surface area contributed by atoms with Crippen LogP contribution < -0.4 is 15.0 Å². The van der Waals surface area contributed by atoms with E-state index in [1.54, 1.807) is 0 Å². The van der Waals surface area contributed by atoms with E-state index in [0.29, 0.717) is 0 Å². The largest absolute Gasteiger partial charge is 0.341 e. The summed E-state index contributed by atoms with van der Waals surface area (Å²) in [6, 6.07) is -0.450. The van der Waals surface area contributed by atoms with Gasteiger partial charge in [0.15, 0.2) is 5.50 Å². The second kappa shape index (κ2) is 6.64. The zero-order chi connectivity index (χ0) is 16.4. The second-order valence-electron chi connectivity index (χ2n) is 4.26. The van der Waals surface area contributed by atoms with Gasteiger partial charge in [-0.1, -0.05) is 11.8 Å². The molecule has 14 heteroatoms. The Kier molecular flexibility index (Phi) is 5.82. The minimum atomic E-state index is -3.67. The quantitative estimate of drug-likeness (QED) is 0.497. The molecule has 1 atom stereocenters. The fourth-order valence-corrected chi connectivity index (χ4v) is 3.78. The number of urea groups is 1. The smallest absolute Gasteiger partial charge is 0.318 e. The van der Waals surface area contributed by atoms with Crippen LogP contribution in [0.2, 0.25) is 0 Å². The third-order valence-electron chi connectivity index (χ3n) is 2.21. The van der Waals surface area contributed by atoms with Gasteiger partial charge in [-0.2, -0.15) is 0 Å². The monoisotopic (exact) mass is 362 g/mol. The number of hydrogen-bond donors (Lipinski definition) is 3. The molecule has 1 aliphatic heterocycles. The molecule has 11 nitrogen and oxygen atoms in total. The molecule has 0 aromatic heterocycles. The lowest BCUT2D eigenvalue weighted by Gasteiger charge is -2.33. The number of nitrogens with zero attached hydrogens (tertiary/aromatic N) is 3. The molecule has 1 fully saturated rings. The molecular formula is C7H18N6O5S3. The van der Waals surface area contributed by atoms with Gasteiger partial charge in [0.2, 0.25) is 20.0 Å². The molecule has 124 valence electrons. The first kappa shape index (κ1) is 18.4. The zero-order valence-electron chi connectivity index (χ0n) is 11.9. The highest BCUT2D eigenvalue weighted by Crippen LogP contribution is 2.27. The Morgan fingerprint density at radius 1 is 1.19 bits per heavy atom. The highest BCUT2D eigenvalue weighted by Gasteiger charge is 2.40. The van der Waals surface area contributed by atoms with Crippen LogP contribution in [-0.2, 0) is 20.0 Å². The summed E-state index contributed by atoms with van der Waals surface area (Å²) in [6.07, 6.45) is 1.86. The molecule has 0 aromatic rings. The maximum atomic E-state index is 11.6. The minimum absolute atomic E-state index is 0.113. The van der Waals surface area contributed by atoms with Gasteiger partial charge in [0.05, 0.1) is 18.4 Å². The Balaban J connectivity index is 3.01. The van der Waals surface area contributed by atoms with E-state index >= 15 is 0 Å². The molecule has 0 aliphatic carbocycles. The van der Waals surface area contributed by atoms with Crippen molar-refractivity contribution in [3.63, 3.8) is 0 Å². The molecule has 1 aliphatic rings. The van der Waals surface area contributed by atoms with Crippen molar-refractivity contribution >= 4 is 37.8 Å². The molecule has 2 amide bonds. The molecule has 0 aromatic carbocycles. The summed E-state index contributed by atoms with van der Waals surface area (Å²) in [5, 5.41) is 4.49. The van der Waals surface area contributed by atoms with E-state index in [1.165, 1.54) is 19.0 Å². The van der Waals surface area contributed by atoms with Gasteiger partial charge >= 0.3 is 6.03 Å². The van der Waals surface area contributed by atoms with E-state index in [2.05, 4.69) is 15.0 Å². The summed E-state index contributed by atoms with van der Waals surface area (Å²) in [4.78, 5) is 17.2. The lowest BCUT2D eigenvalue weighted by molar-refractivity contribution is -0.0713. The average molecular weight is 362 g/mol. The van der Waals surface area contributed by atoms with Crippen molar-refractivity contribution < 1.29 is 21.6 Å². The zero-order valence-corrected chi connectivity index (χ0v) is 14.3. The van der Waals surface area contributed by atoms with Crippen LogP contribution in [0.15, 0.2) is 0 Å². The van der Waals surface area contributed by atoms with E-state index in [9.17, 15) is 21.6 Å².